The van der Waals surface area contributed by atoms with Crippen molar-refractivity contribution in [2.75, 3.05) is 13.7 Å². The fourth-order valence-electron chi connectivity index (χ4n) is 4.73. The maximum absolute atomic E-state index is 13.7. The summed E-state index contributed by atoms with van der Waals surface area (Å²) < 4.78 is 24.5. The Hall–Kier alpha value is -3.41. The zero-order chi connectivity index (χ0) is 24.4. The summed E-state index contributed by atoms with van der Waals surface area (Å²) in [4.78, 5) is 26.7. The van der Waals surface area contributed by atoms with Gasteiger partial charge in [-0.3, -0.25) is 4.79 Å². The van der Waals surface area contributed by atoms with E-state index in [0.29, 0.717) is 35.2 Å². The van der Waals surface area contributed by atoms with Gasteiger partial charge in [0.15, 0.2) is 5.78 Å². The third-order valence-corrected chi connectivity index (χ3v) is 6.39. The van der Waals surface area contributed by atoms with E-state index in [1.807, 2.05) is 45.0 Å². The molecular formula is C28H30FNO4. The summed E-state index contributed by atoms with van der Waals surface area (Å²) in [6.07, 6.45) is 0.967. The van der Waals surface area contributed by atoms with Crippen LogP contribution in [-0.4, -0.2) is 25.5 Å². The molecule has 0 amide bonds. The van der Waals surface area contributed by atoms with Crippen LogP contribution in [0.2, 0.25) is 0 Å². The minimum absolute atomic E-state index is 0.0146. The van der Waals surface area contributed by atoms with Gasteiger partial charge in [-0.05, 0) is 60.6 Å². The summed E-state index contributed by atoms with van der Waals surface area (Å²) in [5.74, 6) is -0.480. The Morgan fingerprint density at radius 3 is 2.32 bits per heavy atom. The molecule has 0 unspecified atom stereocenters. The lowest BCUT2D eigenvalue weighted by Gasteiger charge is -2.36. The van der Waals surface area contributed by atoms with Crippen LogP contribution in [0.4, 0.5) is 4.39 Å². The van der Waals surface area contributed by atoms with Crippen molar-refractivity contribution in [3.8, 4) is 5.75 Å². The van der Waals surface area contributed by atoms with Gasteiger partial charge >= 0.3 is 5.97 Å². The Kier molecular flexibility index (Phi) is 6.87. The number of benzene rings is 2. The Morgan fingerprint density at radius 1 is 1.06 bits per heavy atom. The van der Waals surface area contributed by atoms with Gasteiger partial charge in [0.1, 0.15) is 11.6 Å². The minimum atomic E-state index is -0.596. The molecule has 0 saturated heterocycles. The van der Waals surface area contributed by atoms with E-state index in [-0.39, 0.29) is 30.0 Å². The Labute approximate surface area is 199 Å². The highest BCUT2D eigenvalue weighted by atomic mass is 19.1. The average Bonchev–Trinajstić information content (AvgIpc) is 2.82. The van der Waals surface area contributed by atoms with Gasteiger partial charge < -0.3 is 14.8 Å². The Morgan fingerprint density at radius 2 is 1.71 bits per heavy atom. The second-order valence-corrected chi connectivity index (χ2v) is 9.33. The number of allylic oxidation sites excluding steroid dienone is 3. The van der Waals surface area contributed by atoms with E-state index < -0.39 is 11.9 Å². The highest BCUT2D eigenvalue weighted by Crippen LogP contribution is 2.45. The van der Waals surface area contributed by atoms with Gasteiger partial charge in [-0.2, -0.15) is 0 Å². The molecule has 1 aliphatic heterocycles. The monoisotopic (exact) mass is 463 g/mol. The number of halogens is 1. The van der Waals surface area contributed by atoms with Crippen LogP contribution < -0.4 is 10.1 Å². The largest absolute Gasteiger partial charge is 0.497 e. The number of methoxy groups -OCH3 is 1. The van der Waals surface area contributed by atoms with Crippen LogP contribution in [0.3, 0.4) is 0 Å². The number of hydrogen-bond donors (Lipinski definition) is 1. The van der Waals surface area contributed by atoms with Crippen LogP contribution in [0, 0.1) is 11.7 Å². The van der Waals surface area contributed by atoms with Crippen molar-refractivity contribution >= 4 is 11.8 Å². The first kappa shape index (κ1) is 23.7. The van der Waals surface area contributed by atoms with Crippen LogP contribution in [0.1, 0.15) is 56.6 Å². The number of dihydropyridines is 1. The maximum atomic E-state index is 13.7. The number of esters is 1. The summed E-state index contributed by atoms with van der Waals surface area (Å²) in [6.45, 7) is 6.05. The highest BCUT2D eigenvalue weighted by molar-refractivity contribution is 6.04. The van der Waals surface area contributed by atoms with E-state index in [1.54, 1.807) is 19.2 Å². The molecule has 0 bridgehead atoms. The number of carbonyl (C=O) groups is 2. The lowest BCUT2D eigenvalue weighted by molar-refractivity contribution is -0.140. The zero-order valence-electron chi connectivity index (χ0n) is 20.0. The molecule has 0 radical (unpaired) electrons. The third kappa shape index (κ3) is 4.76. The van der Waals surface area contributed by atoms with E-state index in [2.05, 4.69) is 5.32 Å². The van der Waals surface area contributed by atoms with Crippen LogP contribution in [-0.2, 0) is 14.3 Å². The normalized spacial score (nSPS) is 20.2. The Bertz CT molecular complexity index is 1150. The Balaban J connectivity index is 1.73. The van der Waals surface area contributed by atoms with Crippen molar-refractivity contribution < 1.29 is 23.5 Å². The van der Waals surface area contributed by atoms with Gasteiger partial charge in [-0.15, -0.1) is 0 Å². The average molecular weight is 464 g/mol. The predicted molar refractivity (Wildman–Crippen MR) is 128 cm³/mol. The van der Waals surface area contributed by atoms with Crippen molar-refractivity contribution in [3.05, 3.63) is 88.0 Å². The summed E-state index contributed by atoms with van der Waals surface area (Å²) >= 11 is 0. The topological polar surface area (TPSA) is 64.6 Å². The molecule has 178 valence electrons. The summed E-state index contributed by atoms with van der Waals surface area (Å²) in [5, 5.41) is 3.34. The van der Waals surface area contributed by atoms with E-state index in [4.69, 9.17) is 9.47 Å². The number of hydrogen-bond acceptors (Lipinski definition) is 5. The smallest absolute Gasteiger partial charge is 0.336 e. The number of ketones is 1. The number of nitrogens with one attached hydrogen (secondary N) is 1. The van der Waals surface area contributed by atoms with Crippen LogP contribution >= 0.6 is 0 Å². The van der Waals surface area contributed by atoms with Crippen LogP contribution in [0.5, 0.6) is 5.75 Å². The fourth-order valence-corrected chi connectivity index (χ4v) is 4.73. The molecule has 2 aromatic rings. The van der Waals surface area contributed by atoms with Crippen molar-refractivity contribution in [2.24, 2.45) is 5.92 Å². The minimum Gasteiger partial charge on any atom is -0.497 e. The van der Waals surface area contributed by atoms with Gasteiger partial charge in [0.05, 0.1) is 19.3 Å². The first-order valence-corrected chi connectivity index (χ1v) is 11.6. The van der Waals surface area contributed by atoms with Gasteiger partial charge in [-0.25, -0.2) is 9.18 Å². The number of ether oxygens (including phenoxy) is 2. The fraction of sp³-hybridized carbons (Fsp3) is 0.357. The van der Waals surface area contributed by atoms with Gasteiger partial charge in [-0.1, -0.05) is 38.1 Å². The molecule has 2 aromatic carbocycles. The molecule has 0 fully saturated rings. The van der Waals surface area contributed by atoms with E-state index in [9.17, 15) is 14.0 Å². The molecule has 2 aliphatic rings. The molecular weight excluding hydrogens is 433 g/mol. The number of rotatable bonds is 6. The molecule has 5 nitrogen and oxygen atoms in total. The van der Waals surface area contributed by atoms with Crippen molar-refractivity contribution in [2.45, 2.75) is 45.4 Å². The summed E-state index contributed by atoms with van der Waals surface area (Å²) in [6, 6.07) is 13.8. The van der Waals surface area contributed by atoms with E-state index in [1.165, 1.54) is 12.1 Å². The lowest BCUT2D eigenvalue weighted by atomic mass is 9.71. The maximum Gasteiger partial charge on any atom is 0.336 e. The molecule has 0 aromatic heterocycles. The van der Waals surface area contributed by atoms with Crippen molar-refractivity contribution in [3.63, 3.8) is 0 Å². The molecule has 6 heteroatoms. The second kappa shape index (κ2) is 9.84. The van der Waals surface area contributed by atoms with Crippen molar-refractivity contribution in [1.29, 1.82) is 0 Å². The first-order valence-electron chi connectivity index (χ1n) is 11.6. The first-order chi connectivity index (χ1) is 16.3. The molecule has 4 rings (SSSR count). The van der Waals surface area contributed by atoms with Crippen LogP contribution in [0.25, 0.3) is 0 Å². The van der Waals surface area contributed by atoms with Gasteiger partial charge in [0, 0.05) is 29.3 Å². The molecule has 0 saturated carbocycles. The van der Waals surface area contributed by atoms with E-state index >= 15 is 0 Å². The zero-order valence-corrected chi connectivity index (χ0v) is 20.0. The number of carbonyl (C=O) groups excluding carboxylic acids is 2. The second-order valence-electron chi connectivity index (χ2n) is 9.33. The quantitative estimate of drug-likeness (QED) is 0.582. The molecule has 1 heterocycles. The van der Waals surface area contributed by atoms with Crippen molar-refractivity contribution in [1.82, 2.24) is 5.32 Å². The third-order valence-electron chi connectivity index (χ3n) is 6.39. The van der Waals surface area contributed by atoms with E-state index in [0.717, 1.165) is 17.0 Å². The van der Waals surface area contributed by atoms with Gasteiger partial charge in [0.2, 0.25) is 0 Å². The SMILES string of the molecule is COc1ccc([C@H]2CC(=O)C3=C(C2)NC(C)=C(C(=O)OCC(C)C)[C@@H]3c2ccc(F)cc2)cc1. The molecule has 2 atom stereocenters. The molecule has 0 spiro atoms. The van der Waals surface area contributed by atoms with Gasteiger partial charge in [0.25, 0.3) is 0 Å². The summed E-state index contributed by atoms with van der Waals surface area (Å²) in [5.41, 5.74) is 4.20. The standard InChI is InChI=1S/C28H30FNO4/c1-16(2)15-34-28(32)25-17(3)30-23-13-20(18-7-11-22(33-4)12-8-18)14-24(31)27(23)26(25)19-5-9-21(29)10-6-19/h5-12,16,20,26,30H,13-15H2,1-4H3/t20-,26+/m1/s1. The molecule has 1 N–H and O–H groups in total. The number of Topliss-reactive ketones (excluding diaryl/α,β-unsaturated/α-hetero) is 1. The molecule has 34 heavy (non-hydrogen) atoms. The lowest BCUT2D eigenvalue weighted by Crippen LogP contribution is -2.36. The van der Waals surface area contributed by atoms with Crippen LogP contribution in [0.15, 0.2) is 71.1 Å². The highest BCUT2D eigenvalue weighted by Gasteiger charge is 2.41. The molecule has 1 aliphatic carbocycles. The predicted octanol–water partition coefficient (Wildman–Crippen LogP) is 5.40. The summed E-state index contributed by atoms with van der Waals surface area (Å²) in [7, 11) is 1.62.